The van der Waals surface area contributed by atoms with Gasteiger partial charge in [-0.1, -0.05) is 13.8 Å². The van der Waals surface area contributed by atoms with E-state index in [0.29, 0.717) is 12.0 Å². The molecular weight excluding hydrogens is 114 g/mol. The summed E-state index contributed by atoms with van der Waals surface area (Å²) in [7, 11) is 0. The predicted octanol–water partition coefficient (Wildman–Crippen LogP) is 0.977. The highest BCUT2D eigenvalue weighted by Crippen LogP contribution is 2.09. The van der Waals surface area contributed by atoms with Crippen molar-refractivity contribution in [2.75, 3.05) is 6.61 Å². The van der Waals surface area contributed by atoms with E-state index in [1.165, 1.54) is 0 Å². The Kier molecular flexibility index (Phi) is 2.09. The minimum Gasteiger partial charge on any atom is -0.362 e. The highest BCUT2D eigenvalue weighted by Gasteiger charge is 2.22. The van der Waals surface area contributed by atoms with Gasteiger partial charge in [-0.2, -0.15) is 0 Å². The SMILES string of the molecule is CC1N[C@@H](C(C)C)CO1. The van der Waals surface area contributed by atoms with Gasteiger partial charge < -0.3 is 4.74 Å². The molecule has 2 heteroatoms. The molecule has 9 heavy (non-hydrogen) atoms. The topological polar surface area (TPSA) is 21.3 Å². The molecule has 54 valence electrons. The standard InChI is InChI=1S/C7H15NO/c1-5(2)7-4-9-6(3)8-7/h5-8H,4H2,1-3H3/t6?,7-/m1/s1. The molecule has 1 unspecified atom stereocenters. The number of nitrogens with one attached hydrogen (secondary N) is 1. The Balaban J connectivity index is 2.30. The molecule has 1 N–H and O–H groups in total. The molecule has 0 aliphatic carbocycles. The monoisotopic (exact) mass is 129 g/mol. The van der Waals surface area contributed by atoms with Crippen molar-refractivity contribution in [1.82, 2.24) is 5.32 Å². The Labute approximate surface area is 56.6 Å². The van der Waals surface area contributed by atoms with Crippen molar-refractivity contribution in [2.45, 2.75) is 33.0 Å². The van der Waals surface area contributed by atoms with Gasteiger partial charge >= 0.3 is 0 Å². The second-order valence-electron chi connectivity index (χ2n) is 2.99. The van der Waals surface area contributed by atoms with E-state index in [1.54, 1.807) is 0 Å². The molecule has 0 amide bonds. The second kappa shape index (κ2) is 2.67. The second-order valence-corrected chi connectivity index (χ2v) is 2.99. The third-order valence-corrected chi connectivity index (χ3v) is 1.78. The summed E-state index contributed by atoms with van der Waals surface area (Å²) in [5.74, 6) is 0.690. The van der Waals surface area contributed by atoms with Crippen LogP contribution in [0.2, 0.25) is 0 Å². The molecule has 2 nitrogen and oxygen atoms in total. The zero-order chi connectivity index (χ0) is 6.85. The Bertz CT molecular complexity index is 92.9. The molecule has 1 heterocycles. The third-order valence-electron chi connectivity index (χ3n) is 1.78. The Morgan fingerprint density at radius 3 is 2.44 bits per heavy atom. The largest absolute Gasteiger partial charge is 0.362 e. The number of hydrogen-bond donors (Lipinski definition) is 1. The molecule has 1 saturated heterocycles. The van der Waals surface area contributed by atoms with E-state index in [4.69, 9.17) is 4.74 Å². The molecule has 1 aliphatic heterocycles. The molecule has 0 radical (unpaired) electrons. The van der Waals surface area contributed by atoms with Crippen LogP contribution in [0.25, 0.3) is 0 Å². The van der Waals surface area contributed by atoms with Gasteiger partial charge in [-0.15, -0.1) is 0 Å². The lowest BCUT2D eigenvalue weighted by atomic mass is 10.1. The number of ether oxygens (including phenoxy) is 1. The smallest absolute Gasteiger partial charge is 0.105 e. The van der Waals surface area contributed by atoms with Crippen molar-refractivity contribution in [3.63, 3.8) is 0 Å². The Morgan fingerprint density at radius 2 is 2.22 bits per heavy atom. The van der Waals surface area contributed by atoms with Crippen molar-refractivity contribution >= 4 is 0 Å². The van der Waals surface area contributed by atoms with Gasteiger partial charge in [-0.05, 0) is 12.8 Å². The zero-order valence-corrected chi connectivity index (χ0v) is 6.35. The van der Waals surface area contributed by atoms with Gasteiger partial charge in [0.15, 0.2) is 0 Å². The van der Waals surface area contributed by atoms with E-state index in [0.717, 1.165) is 6.61 Å². The van der Waals surface area contributed by atoms with Crippen LogP contribution in [0.4, 0.5) is 0 Å². The minimum absolute atomic E-state index is 0.261. The van der Waals surface area contributed by atoms with Gasteiger partial charge in [0.25, 0.3) is 0 Å². The summed E-state index contributed by atoms with van der Waals surface area (Å²) in [6.07, 6.45) is 0.261. The normalized spacial score (nSPS) is 36.0. The van der Waals surface area contributed by atoms with Gasteiger partial charge in [-0.3, -0.25) is 5.32 Å². The van der Waals surface area contributed by atoms with E-state index in [-0.39, 0.29) is 6.23 Å². The van der Waals surface area contributed by atoms with Gasteiger partial charge in [0, 0.05) is 6.04 Å². The molecule has 0 saturated carbocycles. The molecule has 1 fully saturated rings. The predicted molar refractivity (Wildman–Crippen MR) is 37.2 cm³/mol. The molecular formula is C7H15NO. The lowest BCUT2D eigenvalue weighted by molar-refractivity contribution is 0.114. The van der Waals surface area contributed by atoms with Crippen molar-refractivity contribution in [3.8, 4) is 0 Å². The molecule has 1 aliphatic rings. The Morgan fingerprint density at radius 1 is 1.56 bits per heavy atom. The summed E-state index contributed by atoms with van der Waals surface area (Å²) in [4.78, 5) is 0. The average molecular weight is 129 g/mol. The molecule has 0 bridgehead atoms. The molecule has 2 atom stereocenters. The minimum atomic E-state index is 0.261. The summed E-state index contributed by atoms with van der Waals surface area (Å²) in [5.41, 5.74) is 0. The molecule has 0 aromatic carbocycles. The molecule has 0 aromatic heterocycles. The fourth-order valence-corrected chi connectivity index (χ4v) is 1.03. The average Bonchev–Trinajstić information content (AvgIpc) is 2.14. The first kappa shape index (κ1) is 7.03. The first-order chi connectivity index (χ1) is 4.20. The first-order valence-corrected chi connectivity index (χ1v) is 3.58. The lowest BCUT2D eigenvalue weighted by Gasteiger charge is -2.12. The first-order valence-electron chi connectivity index (χ1n) is 3.58. The quantitative estimate of drug-likeness (QED) is 0.569. The lowest BCUT2D eigenvalue weighted by Crippen LogP contribution is -2.32. The maximum absolute atomic E-state index is 5.32. The maximum atomic E-state index is 5.32. The van der Waals surface area contributed by atoms with Crippen LogP contribution in [0.3, 0.4) is 0 Å². The fourth-order valence-electron chi connectivity index (χ4n) is 1.03. The van der Waals surface area contributed by atoms with Crippen molar-refractivity contribution < 1.29 is 4.74 Å². The Hall–Kier alpha value is -0.0800. The van der Waals surface area contributed by atoms with Crippen LogP contribution in [0.5, 0.6) is 0 Å². The van der Waals surface area contributed by atoms with Crippen LogP contribution >= 0.6 is 0 Å². The maximum Gasteiger partial charge on any atom is 0.105 e. The zero-order valence-electron chi connectivity index (χ0n) is 6.35. The molecule has 0 spiro atoms. The van der Waals surface area contributed by atoms with E-state index < -0.39 is 0 Å². The van der Waals surface area contributed by atoms with Crippen molar-refractivity contribution in [3.05, 3.63) is 0 Å². The highest BCUT2D eigenvalue weighted by atomic mass is 16.5. The van der Waals surface area contributed by atoms with Gasteiger partial charge in [-0.25, -0.2) is 0 Å². The van der Waals surface area contributed by atoms with E-state index in [9.17, 15) is 0 Å². The van der Waals surface area contributed by atoms with Crippen LogP contribution in [0.1, 0.15) is 20.8 Å². The molecule has 1 rings (SSSR count). The van der Waals surface area contributed by atoms with Gasteiger partial charge in [0.05, 0.1) is 6.61 Å². The van der Waals surface area contributed by atoms with Crippen LogP contribution in [-0.2, 0) is 4.74 Å². The number of rotatable bonds is 1. The highest BCUT2D eigenvalue weighted by molar-refractivity contribution is 4.75. The van der Waals surface area contributed by atoms with Crippen LogP contribution in [-0.4, -0.2) is 18.9 Å². The third kappa shape index (κ3) is 1.66. The fraction of sp³-hybridized carbons (Fsp3) is 1.00. The summed E-state index contributed by atoms with van der Waals surface area (Å²) in [6.45, 7) is 7.33. The summed E-state index contributed by atoms with van der Waals surface area (Å²) < 4.78 is 5.32. The summed E-state index contributed by atoms with van der Waals surface area (Å²) in [5, 5.41) is 3.33. The van der Waals surface area contributed by atoms with Gasteiger partial charge in [0.2, 0.25) is 0 Å². The summed E-state index contributed by atoms with van der Waals surface area (Å²) in [6, 6.07) is 0.569. The van der Waals surface area contributed by atoms with E-state index in [2.05, 4.69) is 19.2 Å². The van der Waals surface area contributed by atoms with Crippen LogP contribution in [0, 0.1) is 5.92 Å². The van der Waals surface area contributed by atoms with Crippen molar-refractivity contribution in [2.24, 2.45) is 5.92 Å². The summed E-state index contributed by atoms with van der Waals surface area (Å²) >= 11 is 0. The van der Waals surface area contributed by atoms with Crippen LogP contribution < -0.4 is 5.32 Å². The van der Waals surface area contributed by atoms with E-state index in [1.807, 2.05) is 6.92 Å². The van der Waals surface area contributed by atoms with Crippen molar-refractivity contribution in [1.29, 1.82) is 0 Å². The number of hydrogen-bond acceptors (Lipinski definition) is 2. The van der Waals surface area contributed by atoms with Gasteiger partial charge in [0.1, 0.15) is 6.23 Å². The molecule has 0 aromatic rings. The van der Waals surface area contributed by atoms with E-state index >= 15 is 0 Å². The van der Waals surface area contributed by atoms with Crippen LogP contribution in [0.15, 0.2) is 0 Å².